The number of benzene rings is 1. The number of nitrogens with one attached hydrogen (secondary N) is 1. The van der Waals surface area contributed by atoms with E-state index in [1.54, 1.807) is 25.1 Å². The Kier molecular flexibility index (Phi) is 8.30. The van der Waals surface area contributed by atoms with Gasteiger partial charge in [-0.2, -0.15) is 5.26 Å². The maximum absolute atomic E-state index is 12.2. The highest BCUT2D eigenvalue weighted by atomic mass is 16.2. The Balaban J connectivity index is 1.46. The van der Waals surface area contributed by atoms with Crippen LogP contribution in [0.25, 0.3) is 5.57 Å². The van der Waals surface area contributed by atoms with Gasteiger partial charge in [-0.25, -0.2) is 10.4 Å². The Labute approximate surface area is 225 Å². The molecule has 0 aliphatic carbocycles. The van der Waals surface area contributed by atoms with Gasteiger partial charge in [0.1, 0.15) is 11.9 Å². The lowest BCUT2D eigenvalue weighted by atomic mass is 9.85. The van der Waals surface area contributed by atoms with Crippen LogP contribution in [-0.4, -0.2) is 72.5 Å². The van der Waals surface area contributed by atoms with Crippen LogP contribution in [0.4, 0.5) is 5.82 Å². The second kappa shape index (κ2) is 11.6. The first-order valence-corrected chi connectivity index (χ1v) is 13.0. The molecule has 3 heterocycles. The Hall–Kier alpha value is -3.93. The quantitative estimate of drug-likeness (QED) is 0.630. The first-order valence-electron chi connectivity index (χ1n) is 13.0. The van der Waals surface area contributed by atoms with E-state index in [2.05, 4.69) is 58.1 Å². The number of nitrogens with zero attached hydrogens (tertiary/aromatic N) is 5. The number of hydrogen-bond acceptors (Lipinski definition) is 7. The van der Waals surface area contributed by atoms with E-state index in [1.165, 1.54) is 5.56 Å². The van der Waals surface area contributed by atoms with Crippen molar-refractivity contribution in [1.29, 1.82) is 5.26 Å². The van der Waals surface area contributed by atoms with Crippen LogP contribution >= 0.6 is 0 Å². The number of amides is 1. The molecule has 1 aromatic carbocycles. The Bertz CT molecular complexity index is 1300. The van der Waals surface area contributed by atoms with Crippen molar-refractivity contribution in [3.05, 3.63) is 88.8 Å². The molecule has 2 aliphatic heterocycles. The Morgan fingerprint density at radius 2 is 2.00 bits per heavy atom. The third-order valence-electron chi connectivity index (χ3n) is 7.48. The van der Waals surface area contributed by atoms with Crippen molar-refractivity contribution in [1.82, 2.24) is 25.2 Å². The normalized spacial score (nSPS) is 23.3. The van der Waals surface area contributed by atoms with E-state index in [1.807, 2.05) is 31.3 Å². The summed E-state index contributed by atoms with van der Waals surface area (Å²) in [4.78, 5) is 20.5. The number of rotatable bonds is 5. The summed E-state index contributed by atoms with van der Waals surface area (Å²) >= 11 is 0. The molecule has 198 valence electrons. The zero-order chi connectivity index (χ0) is 27.4. The first kappa shape index (κ1) is 27.1. The smallest absolute Gasteiger partial charge is 0.253 e. The number of hydrazine groups is 1. The van der Waals surface area contributed by atoms with Crippen LogP contribution in [0.15, 0.2) is 66.4 Å². The van der Waals surface area contributed by atoms with Gasteiger partial charge in [-0.05, 0) is 79.3 Å². The Morgan fingerprint density at radius 1 is 1.26 bits per heavy atom. The van der Waals surface area contributed by atoms with Crippen molar-refractivity contribution >= 4 is 17.3 Å². The fourth-order valence-corrected chi connectivity index (χ4v) is 5.23. The van der Waals surface area contributed by atoms with Gasteiger partial charge in [0.05, 0.1) is 0 Å². The van der Waals surface area contributed by atoms with Crippen LogP contribution in [0.2, 0.25) is 0 Å². The third kappa shape index (κ3) is 5.96. The second-order valence-corrected chi connectivity index (χ2v) is 10.3. The number of likely N-dealkylation sites (N-methyl/N-ethyl adjacent to an activating group) is 1. The molecule has 0 spiro atoms. The number of piperidine rings is 1. The molecule has 0 bridgehead atoms. The van der Waals surface area contributed by atoms with Crippen LogP contribution in [0.1, 0.15) is 52.9 Å². The van der Waals surface area contributed by atoms with E-state index in [-0.39, 0.29) is 5.91 Å². The molecule has 0 saturated carbocycles. The lowest BCUT2D eigenvalue weighted by molar-refractivity contribution is 0.0827. The number of anilines is 1. The van der Waals surface area contributed by atoms with E-state index in [4.69, 9.17) is 5.73 Å². The summed E-state index contributed by atoms with van der Waals surface area (Å²) < 4.78 is 0. The van der Waals surface area contributed by atoms with E-state index in [9.17, 15) is 10.1 Å². The zero-order valence-corrected chi connectivity index (χ0v) is 22.7. The van der Waals surface area contributed by atoms with Gasteiger partial charge in [0.25, 0.3) is 5.91 Å². The van der Waals surface area contributed by atoms with E-state index in [0.29, 0.717) is 30.0 Å². The second-order valence-electron chi connectivity index (χ2n) is 10.3. The summed E-state index contributed by atoms with van der Waals surface area (Å²) in [6, 6.07) is 14.2. The van der Waals surface area contributed by atoms with Gasteiger partial charge in [0, 0.05) is 57.1 Å². The minimum atomic E-state index is 0.0287. The first-order chi connectivity index (χ1) is 18.2. The summed E-state index contributed by atoms with van der Waals surface area (Å²) in [5, 5.41) is 11.7. The molecular formula is C30H37N7O. The number of hydrogen-bond donors (Lipinski definition) is 2. The molecule has 4 rings (SSSR count). The highest BCUT2D eigenvalue weighted by molar-refractivity contribution is 5.93. The molecule has 2 atom stereocenters. The highest BCUT2D eigenvalue weighted by Gasteiger charge is 2.28. The summed E-state index contributed by atoms with van der Waals surface area (Å²) in [6.07, 6.45) is 6.24. The third-order valence-corrected chi connectivity index (χ3v) is 7.48. The van der Waals surface area contributed by atoms with Gasteiger partial charge in [0.15, 0.2) is 5.69 Å². The van der Waals surface area contributed by atoms with E-state index >= 15 is 0 Å². The van der Waals surface area contributed by atoms with E-state index in [0.717, 1.165) is 53.9 Å². The number of carbonyl (C=O) groups excluding carboxylic acids is 1. The van der Waals surface area contributed by atoms with Gasteiger partial charge in [-0.1, -0.05) is 24.8 Å². The molecule has 2 aromatic rings. The van der Waals surface area contributed by atoms with Crippen LogP contribution in [0.5, 0.6) is 0 Å². The molecule has 1 amide bonds. The lowest BCUT2D eigenvalue weighted by Gasteiger charge is -2.40. The molecule has 2 unspecified atom stereocenters. The molecule has 1 saturated heterocycles. The van der Waals surface area contributed by atoms with Crippen molar-refractivity contribution in [2.75, 3.05) is 46.5 Å². The average Bonchev–Trinajstić information content (AvgIpc) is 2.90. The van der Waals surface area contributed by atoms with Crippen molar-refractivity contribution in [3.8, 4) is 6.07 Å². The standard InChI is InChI=1S/C30H37N7O/c1-20-16-25(36(5)33-14-12-26(20)27-10-11-29(32)34-28(27)18-31)19-37-15-13-24(17-21(37)2)22-6-8-23(9-7-22)30(38)35(3)4/h6-12,16,21,24,33H,1,13-15,17,19H2,2-5H3,(H2,32,34)/b25-16-,26-12+. The van der Waals surface area contributed by atoms with Gasteiger partial charge in [-0.15, -0.1) is 0 Å². The molecule has 1 aromatic heterocycles. The van der Waals surface area contributed by atoms with Crippen molar-refractivity contribution in [3.63, 3.8) is 0 Å². The molecule has 8 nitrogen and oxygen atoms in total. The average molecular weight is 512 g/mol. The maximum atomic E-state index is 12.2. The summed E-state index contributed by atoms with van der Waals surface area (Å²) in [5.74, 6) is 0.826. The highest BCUT2D eigenvalue weighted by Crippen LogP contribution is 2.33. The van der Waals surface area contributed by atoms with Crippen molar-refractivity contribution in [2.24, 2.45) is 0 Å². The van der Waals surface area contributed by atoms with Crippen LogP contribution in [-0.2, 0) is 0 Å². The topological polar surface area (TPSA) is 102 Å². The molecule has 8 heteroatoms. The SMILES string of the molecule is C=C1/C=C(/CN2CCC(c3ccc(C(=O)N(C)C)cc3)CC2C)N(C)NC/C=C\1c1ccc(N)nc1C#N. The zero-order valence-electron chi connectivity index (χ0n) is 22.7. The molecule has 1 fully saturated rings. The van der Waals surface area contributed by atoms with Crippen LogP contribution in [0.3, 0.4) is 0 Å². The van der Waals surface area contributed by atoms with Gasteiger partial charge in [-0.3, -0.25) is 9.69 Å². The predicted molar refractivity (Wildman–Crippen MR) is 152 cm³/mol. The largest absolute Gasteiger partial charge is 0.384 e. The molecule has 2 aliphatic rings. The summed E-state index contributed by atoms with van der Waals surface area (Å²) in [7, 11) is 5.58. The predicted octanol–water partition coefficient (Wildman–Crippen LogP) is 3.78. The van der Waals surface area contributed by atoms with Crippen molar-refractivity contribution in [2.45, 2.75) is 31.7 Å². The number of nitrogen functional groups attached to an aromatic ring is 1. The van der Waals surface area contributed by atoms with E-state index < -0.39 is 0 Å². The minimum Gasteiger partial charge on any atom is -0.384 e. The summed E-state index contributed by atoms with van der Waals surface area (Å²) in [6.45, 7) is 8.98. The molecule has 38 heavy (non-hydrogen) atoms. The van der Waals surface area contributed by atoms with Crippen LogP contribution in [0, 0.1) is 11.3 Å². The number of aromatic nitrogens is 1. The molecule has 3 N–H and O–H groups in total. The minimum absolute atomic E-state index is 0.0287. The molecular weight excluding hydrogens is 474 g/mol. The fourth-order valence-electron chi connectivity index (χ4n) is 5.23. The molecule has 0 radical (unpaired) electrons. The monoisotopic (exact) mass is 511 g/mol. The van der Waals surface area contributed by atoms with Crippen LogP contribution < -0.4 is 11.2 Å². The van der Waals surface area contributed by atoms with Gasteiger partial charge >= 0.3 is 0 Å². The lowest BCUT2D eigenvalue weighted by Crippen LogP contribution is -2.45. The van der Waals surface area contributed by atoms with Crippen molar-refractivity contribution < 1.29 is 4.79 Å². The number of pyridine rings is 1. The number of allylic oxidation sites excluding steroid dienone is 3. The number of nitriles is 1. The number of carbonyl (C=O) groups is 1. The van der Waals surface area contributed by atoms with Gasteiger partial charge < -0.3 is 15.6 Å². The fraction of sp³-hybridized carbons (Fsp3) is 0.367. The number of likely N-dealkylation sites (tertiary alicyclic amines) is 1. The number of nitrogens with two attached hydrogens (primary N) is 1. The Morgan fingerprint density at radius 3 is 2.66 bits per heavy atom. The maximum Gasteiger partial charge on any atom is 0.253 e. The van der Waals surface area contributed by atoms with Gasteiger partial charge in [0.2, 0.25) is 0 Å². The summed E-state index contributed by atoms with van der Waals surface area (Å²) in [5.41, 5.74) is 15.1.